The predicted octanol–water partition coefficient (Wildman–Crippen LogP) is 5.43. The highest BCUT2D eigenvalue weighted by molar-refractivity contribution is 4.86. The van der Waals surface area contributed by atoms with Gasteiger partial charge in [0, 0.05) is 0 Å². The van der Waals surface area contributed by atoms with Crippen LogP contribution in [0.4, 0.5) is 0 Å². The Hall–Kier alpha value is -0.780. The summed E-state index contributed by atoms with van der Waals surface area (Å²) in [5.41, 5.74) is 0. The summed E-state index contributed by atoms with van der Waals surface area (Å²) in [6.45, 7) is 5.80. The molecular formula is C15H26. The third-order valence-electron chi connectivity index (χ3n) is 2.43. The summed E-state index contributed by atoms with van der Waals surface area (Å²) in [5, 5.41) is 0. The van der Waals surface area contributed by atoms with Gasteiger partial charge in [-0.2, -0.15) is 0 Å². The first-order chi connectivity index (χ1) is 7.41. The average molecular weight is 206 g/mol. The smallest absolute Gasteiger partial charge is 0.0316 e. The van der Waals surface area contributed by atoms with Gasteiger partial charge in [-0.1, -0.05) is 43.2 Å². The van der Waals surface area contributed by atoms with Crippen LogP contribution in [0.1, 0.15) is 58.3 Å². The summed E-state index contributed by atoms with van der Waals surface area (Å²) in [7, 11) is 0. The highest BCUT2D eigenvalue weighted by atomic mass is 13.9. The molecule has 0 rings (SSSR count). The van der Waals surface area contributed by atoms with E-state index in [4.69, 9.17) is 0 Å². The van der Waals surface area contributed by atoms with Gasteiger partial charge in [-0.15, -0.1) is 6.58 Å². The lowest BCUT2D eigenvalue weighted by atomic mass is 10.1. The Labute approximate surface area is 95.8 Å². The molecule has 15 heavy (non-hydrogen) atoms. The lowest BCUT2D eigenvalue weighted by Crippen LogP contribution is -1.76. The fraction of sp³-hybridized carbons (Fsp3) is 0.600. The Morgan fingerprint density at radius 2 is 1.33 bits per heavy atom. The first-order valence-corrected chi connectivity index (χ1v) is 6.29. The Bertz CT molecular complexity index is 174. The molecule has 0 saturated carbocycles. The first-order valence-electron chi connectivity index (χ1n) is 6.29. The highest BCUT2D eigenvalue weighted by Gasteiger charge is 1.86. The van der Waals surface area contributed by atoms with E-state index >= 15 is 0 Å². The van der Waals surface area contributed by atoms with Crippen molar-refractivity contribution in [2.75, 3.05) is 0 Å². The lowest BCUT2D eigenvalue weighted by molar-refractivity contribution is 0.652. The third-order valence-corrected chi connectivity index (χ3v) is 2.43. The maximum Gasteiger partial charge on any atom is -0.0316 e. The van der Waals surface area contributed by atoms with Crippen molar-refractivity contribution >= 4 is 0 Å². The van der Waals surface area contributed by atoms with Crippen molar-refractivity contribution in [2.24, 2.45) is 0 Å². The number of hydrogen-bond acceptors (Lipinski definition) is 0. The molecule has 0 aromatic rings. The Morgan fingerprint density at radius 1 is 0.733 bits per heavy atom. The van der Waals surface area contributed by atoms with E-state index in [0.29, 0.717) is 0 Å². The number of allylic oxidation sites excluding steroid dienone is 5. The molecule has 0 aliphatic heterocycles. The van der Waals surface area contributed by atoms with E-state index in [9.17, 15) is 0 Å². The molecule has 0 atom stereocenters. The molecule has 0 saturated heterocycles. The van der Waals surface area contributed by atoms with E-state index in [0.717, 1.165) is 0 Å². The van der Waals surface area contributed by atoms with Gasteiger partial charge in [0.25, 0.3) is 0 Å². The summed E-state index contributed by atoms with van der Waals surface area (Å²) in [4.78, 5) is 0. The Kier molecular flexibility index (Phi) is 12.5. The largest absolute Gasteiger partial charge is 0.103 e. The van der Waals surface area contributed by atoms with Gasteiger partial charge in [0.15, 0.2) is 0 Å². The van der Waals surface area contributed by atoms with Crippen LogP contribution in [0.25, 0.3) is 0 Å². The van der Waals surface area contributed by atoms with E-state index in [2.05, 4.69) is 37.8 Å². The van der Waals surface area contributed by atoms with E-state index in [1.54, 1.807) is 0 Å². The second kappa shape index (κ2) is 13.2. The van der Waals surface area contributed by atoms with Crippen LogP contribution in [0.5, 0.6) is 0 Å². The van der Waals surface area contributed by atoms with Crippen LogP contribution in [0, 0.1) is 0 Å². The van der Waals surface area contributed by atoms with Gasteiger partial charge >= 0.3 is 0 Å². The van der Waals surface area contributed by atoms with Gasteiger partial charge in [-0.05, 0) is 45.4 Å². The molecule has 0 aliphatic carbocycles. The summed E-state index contributed by atoms with van der Waals surface area (Å²) in [6.07, 6.45) is 21.2. The second-order valence-corrected chi connectivity index (χ2v) is 3.90. The van der Waals surface area contributed by atoms with Crippen molar-refractivity contribution in [3.8, 4) is 0 Å². The summed E-state index contributed by atoms with van der Waals surface area (Å²) < 4.78 is 0. The van der Waals surface area contributed by atoms with Crippen molar-refractivity contribution in [1.82, 2.24) is 0 Å². The SMILES string of the molecule is C=CCCCCCCC=CCCC=CC. The van der Waals surface area contributed by atoms with Crippen molar-refractivity contribution in [3.63, 3.8) is 0 Å². The van der Waals surface area contributed by atoms with Crippen LogP contribution in [-0.2, 0) is 0 Å². The molecule has 0 unspecified atom stereocenters. The van der Waals surface area contributed by atoms with Gasteiger partial charge in [0.05, 0.1) is 0 Å². The molecule has 0 N–H and O–H groups in total. The predicted molar refractivity (Wildman–Crippen MR) is 71.1 cm³/mol. The molecule has 0 heteroatoms. The van der Waals surface area contributed by atoms with Crippen LogP contribution in [-0.4, -0.2) is 0 Å². The Morgan fingerprint density at radius 3 is 2.00 bits per heavy atom. The van der Waals surface area contributed by atoms with E-state index < -0.39 is 0 Å². The standard InChI is InChI=1S/C15H26/c1-3-5-7-9-11-13-15-14-12-10-8-6-4-2/h3-4,6,12,14H,1,5,7-11,13,15H2,2H3. The summed E-state index contributed by atoms with van der Waals surface area (Å²) in [5.74, 6) is 0. The van der Waals surface area contributed by atoms with Gasteiger partial charge < -0.3 is 0 Å². The molecule has 0 aromatic heterocycles. The number of unbranched alkanes of at least 4 members (excludes halogenated alkanes) is 6. The second-order valence-electron chi connectivity index (χ2n) is 3.90. The van der Waals surface area contributed by atoms with Gasteiger partial charge in [0.2, 0.25) is 0 Å². The minimum absolute atomic E-state index is 1.18. The highest BCUT2D eigenvalue weighted by Crippen LogP contribution is 2.06. The van der Waals surface area contributed by atoms with Crippen molar-refractivity contribution in [2.45, 2.75) is 58.3 Å². The topological polar surface area (TPSA) is 0 Å². The van der Waals surface area contributed by atoms with Gasteiger partial charge in [-0.25, -0.2) is 0 Å². The molecular weight excluding hydrogens is 180 g/mol. The van der Waals surface area contributed by atoms with Crippen LogP contribution in [0.3, 0.4) is 0 Å². The minimum Gasteiger partial charge on any atom is -0.103 e. The van der Waals surface area contributed by atoms with Gasteiger partial charge in [-0.3, -0.25) is 0 Å². The van der Waals surface area contributed by atoms with Crippen molar-refractivity contribution < 1.29 is 0 Å². The zero-order chi connectivity index (χ0) is 11.2. The van der Waals surface area contributed by atoms with Gasteiger partial charge in [0.1, 0.15) is 0 Å². The monoisotopic (exact) mass is 206 g/mol. The van der Waals surface area contributed by atoms with Crippen LogP contribution in [0.2, 0.25) is 0 Å². The zero-order valence-corrected chi connectivity index (χ0v) is 10.3. The lowest BCUT2D eigenvalue weighted by Gasteiger charge is -1.96. The molecule has 0 fully saturated rings. The van der Waals surface area contributed by atoms with Crippen molar-refractivity contribution in [3.05, 3.63) is 37.0 Å². The molecule has 86 valence electrons. The van der Waals surface area contributed by atoms with Crippen LogP contribution in [0.15, 0.2) is 37.0 Å². The van der Waals surface area contributed by atoms with Crippen LogP contribution >= 0.6 is 0 Å². The minimum atomic E-state index is 1.18. The molecule has 0 radical (unpaired) electrons. The molecule has 0 nitrogen and oxygen atoms in total. The fourth-order valence-corrected chi connectivity index (χ4v) is 1.50. The number of hydrogen-bond donors (Lipinski definition) is 0. The van der Waals surface area contributed by atoms with E-state index in [-0.39, 0.29) is 0 Å². The number of rotatable bonds is 10. The Balaban J connectivity index is 3.05. The third kappa shape index (κ3) is 13.2. The fourth-order valence-electron chi connectivity index (χ4n) is 1.50. The van der Waals surface area contributed by atoms with E-state index in [1.807, 2.05) is 6.08 Å². The molecule has 0 amide bonds. The average Bonchev–Trinajstić information content (AvgIpc) is 2.26. The first kappa shape index (κ1) is 14.2. The quantitative estimate of drug-likeness (QED) is 0.330. The maximum atomic E-state index is 3.73. The molecule has 0 heterocycles. The molecule has 0 bridgehead atoms. The summed E-state index contributed by atoms with van der Waals surface area (Å²) >= 11 is 0. The molecule has 0 aliphatic rings. The summed E-state index contributed by atoms with van der Waals surface area (Å²) in [6, 6.07) is 0. The normalized spacial score (nSPS) is 11.5. The van der Waals surface area contributed by atoms with Crippen LogP contribution < -0.4 is 0 Å². The maximum absolute atomic E-state index is 3.73. The molecule has 0 aromatic carbocycles. The molecule has 0 spiro atoms. The van der Waals surface area contributed by atoms with E-state index in [1.165, 1.54) is 51.4 Å². The van der Waals surface area contributed by atoms with Crippen molar-refractivity contribution in [1.29, 1.82) is 0 Å². The zero-order valence-electron chi connectivity index (χ0n) is 10.3.